The van der Waals surface area contributed by atoms with Gasteiger partial charge in [0.15, 0.2) is 5.78 Å². The van der Waals surface area contributed by atoms with Crippen LogP contribution in [0.25, 0.3) is 0 Å². The molecule has 2 rings (SSSR count). The van der Waals surface area contributed by atoms with Crippen LogP contribution in [0, 0.1) is 5.92 Å². The monoisotopic (exact) mass is 266 g/mol. The first kappa shape index (κ1) is 14.2. The van der Waals surface area contributed by atoms with E-state index in [9.17, 15) is 9.59 Å². The quantitative estimate of drug-likeness (QED) is 0.608. The van der Waals surface area contributed by atoms with Crippen molar-refractivity contribution in [2.75, 3.05) is 0 Å². The summed E-state index contributed by atoms with van der Waals surface area (Å²) in [4.78, 5) is 23.4. The minimum absolute atomic E-state index is 0.00403. The molecule has 0 aliphatic carbocycles. The second-order valence-corrected chi connectivity index (χ2v) is 5.22. The van der Waals surface area contributed by atoms with Gasteiger partial charge in [-0.15, -0.1) is 0 Å². The summed E-state index contributed by atoms with van der Waals surface area (Å²) in [7, 11) is 0. The summed E-state index contributed by atoms with van der Waals surface area (Å²) in [5.74, 6) is 0.142. The van der Waals surface area contributed by atoms with E-state index in [2.05, 4.69) is 0 Å². The Bertz CT molecular complexity index is 583. The summed E-state index contributed by atoms with van der Waals surface area (Å²) in [6.45, 7) is 4.03. The van der Waals surface area contributed by atoms with Crippen molar-refractivity contribution in [3.63, 3.8) is 0 Å². The third-order valence-electron chi connectivity index (χ3n) is 3.46. The highest BCUT2D eigenvalue weighted by molar-refractivity contribution is 6.08. The Labute approximate surface area is 119 Å². The fraction of sp³-hybridized carbons (Fsp3) is 0.222. The molecular weight excluding hydrogens is 248 g/mol. The molecule has 0 aliphatic rings. The molecule has 0 radical (unpaired) electrons. The molecule has 0 saturated heterocycles. The van der Waals surface area contributed by atoms with E-state index in [1.807, 2.05) is 44.2 Å². The highest BCUT2D eigenvalue weighted by Crippen LogP contribution is 2.23. The highest BCUT2D eigenvalue weighted by Gasteiger charge is 2.15. The zero-order chi connectivity index (χ0) is 14.5. The van der Waals surface area contributed by atoms with Gasteiger partial charge in [-0.1, -0.05) is 68.4 Å². The maximum Gasteiger partial charge on any atom is 0.193 e. The molecular formula is C18H18O2. The van der Waals surface area contributed by atoms with Gasteiger partial charge in [-0.2, -0.15) is 0 Å². The Kier molecular flexibility index (Phi) is 4.46. The molecule has 1 unspecified atom stereocenters. The second-order valence-electron chi connectivity index (χ2n) is 5.22. The molecule has 0 N–H and O–H groups in total. The molecule has 2 aromatic rings. The van der Waals surface area contributed by atoms with E-state index >= 15 is 0 Å². The number of benzene rings is 2. The summed E-state index contributed by atoms with van der Waals surface area (Å²) in [6.07, 6.45) is 0.971. The minimum Gasteiger partial charge on any atom is -0.303 e. The van der Waals surface area contributed by atoms with E-state index in [1.54, 1.807) is 24.3 Å². The van der Waals surface area contributed by atoms with E-state index in [-0.39, 0.29) is 17.6 Å². The number of carbonyl (C=O) groups is 2. The van der Waals surface area contributed by atoms with Crippen molar-refractivity contribution < 1.29 is 9.59 Å². The van der Waals surface area contributed by atoms with E-state index in [4.69, 9.17) is 0 Å². The first-order valence-electron chi connectivity index (χ1n) is 6.78. The van der Waals surface area contributed by atoms with Crippen molar-refractivity contribution in [2.45, 2.75) is 19.8 Å². The average Bonchev–Trinajstić information content (AvgIpc) is 2.48. The number of ketones is 1. The number of aldehydes is 1. The van der Waals surface area contributed by atoms with Gasteiger partial charge in [0, 0.05) is 17.0 Å². The predicted molar refractivity (Wildman–Crippen MR) is 80.0 cm³/mol. The lowest BCUT2D eigenvalue weighted by Gasteiger charge is -2.14. The standard InChI is InChI=1S/C18H18O2/c1-13(2)17(12-19)14-8-10-16(11-9-14)18(20)15-6-4-3-5-7-15/h3-13,17H,1-2H3. The lowest BCUT2D eigenvalue weighted by Crippen LogP contribution is -2.08. The Balaban J connectivity index is 2.24. The fourth-order valence-electron chi connectivity index (χ4n) is 2.23. The van der Waals surface area contributed by atoms with Crippen LogP contribution in [0.5, 0.6) is 0 Å². The van der Waals surface area contributed by atoms with Crippen molar-refractivity contribution >= 4 is 12.1 Å². The van der Waals surface area contributed by atoms with Crippen LogP contribution in [0.2, 0.25) is 0 Å². The number of rotatable bonds is 5. The van der Waals surface area contributed by atoms with Crippen LogP contribution in [0.3, 0.4) is 0 Å². The Hall–Kier alpha value is -2.22. The zero-order valence-electron chi connectivity index (χ0n) is 11.7. The van der Waals surface area contributed by atoms with Crippen molar-refractivity contribution in [3.8, 4) is 0 Å². The van der Waals surface area contributed by atoms with Gasteiger partial charge >= 0.3 is 0 Å². The highest BCUT2D eigenvalue weighted by atomic mass is 16.1. The normalized spacial score (nSPS) is 12.2. The van der Waals surface area contributed by atoms with Crippen LogP contribution in [0.15, 0.2) is 54.6 Å². The fourth-order valence-corrected chi connectivity index (χ4v) is 2.23. The van der Waals surface area contributed by atoms with Crippen molar-refractivity contribution in [1.82, 2.24) is 0 Å². The van der Waals surface area contributed by atoms with Crippen LogP contribution < -0.4 is 0 Å². The Morgan fingerprint density at radius 1 is 0.900 bits per heavy atom. The van der Waals surface area contributed by atoms with E-state index < -0.39 is 0 Å². The van der Waals surface area contributed by atoms with Gasteiger partial charge in [0.1, 0.15) is 6.29 Å². The van der Waals surface area contributed by atoms with Crippen LogP contribution >= 0.6 is 0 Å². The van der Waals surface area contributed by atoms with Crippen LogP contribution in [0.1, 0.15) is 41.3 Å². The summed E-state index contributed by atoms with van der Waals surface area (Å²) in [6, 6.07) is 16.5. The predicted octanol–water partition coefficient (Wildman–Crippen LogP) is 3.86. The molecule has 0 bridgehead atoms. The molecule has 2 heteroatoms. The van der Waals surface area contributed by atoms with Gasteiger partial charge in [0.25, 0.3) is 0 Å². The summed E-state index contributed by atoms with van der Waals surface area (Å²) >= 11 is 0. The molecule has 0 spiro atoms. The molecule has 0 aromatic heterocycles. The number of carbonyl (C=O) groups excluding carboxylic acids is 2. The molecule has 0 saturated carbocycles. The number of hydrogen-bond donors (Lipinski definition) is 0. The maximum absolute atomic E-state index is 12.3. The molecule has 102 valence electrons. The largest absolute Gasteiger partial charge is 0.303 e. The molecule has 2 nitrogen and oxygen atoms in total. The first-order valence-corrected chi connectivity index (χ1v) is 6.78. The van der Waals surface area contributed by atoms with Gasteiger partial charge < -0.3 is 4.79 Å². The summed E-state index contributed by atoms with van der Waals surface area (Å²) in [5.41, 5.74) is 2.28. The van der Waals surface area contributed by atoms with Crippen molar-refractivity contribution in [1.29, 1.82) is 0 Å². The minimum atomic E-state index is -0.115. The molecule has 2 aromatic carbocycles. The summed E-state index contributed by atoms with van der Waals surface area (Å²) in [5, 5.41) is 0. The molecule has 0 heterocycles. The summed E-state index contributed by atoms with van der Waals surface area (Å²) < 4.78 is 0. The molecule has 0 amide bonds. The zero-order valence-corrected chi connectivity index (χ0v) is 11.7. The van der Waals surface area contributed by atoms with Crippen molar-refractivity contribution in [3.05, 3.63) is 71.3 Å². The van der Waals surface area contributed by atoms with Gasteiger partial charge in [-0.25, -0.2) is 0 Å². The lowest BCUT2D eigenvalue weighted by atomic mass is 9.89. The van der Waals surface area contributed by atoms with Crippen LogP contribution in [0.4, 0.5) is 0 Å². The van der Waals surface area contributed by atoms with Crippen LogP contribution in [-0.4, -0.2) is 12.1 Å². The molecule has 0 aliphatic heterocycles. The smallest absolute Gasteiger partial charge is 0.193 e. The molecule has 1 atom stereocenters. The third-order valence-corrected chi connectivity index (χ3v) is 3.46. The van der Waals surface area contributed by atoms with Crippen molar-refractivity contribution in [2.24, 2.45) is 5.92 Å². The Morgan fingerprint density at radius 2 is 1.45 bits per heavy atom. The SMILES string of the molecule is CC(C)C(C=O)c1ccc(C(=O)c2ccccc2)cc1. The third kappa shape index (κ3) is 3.02. The van der Waals surface area contributed by atoms with Gasteiger partial charge in [0.05, 0.1) is 0 Å². The Morgan fingerprint density at radius 3 is 1.95 bits per heavy atom. The maximum atomic E-state index is 12.3. The van der Waals surface area contributed by atoms with E-state index in [1.165, 1.54) is 0 Å². The number of hydrogen-bond acceptors (Lipinski definition) is 2. The molecule has 20 heavy (non-hydrogen) atoms. The second kappa shape index (κ2) is 6.29. The van der Waals surface area contributed by atoms with Gasteiger partial charge in [0.2, 0.25) is 0 Å². The first-order chi connectivity index (χ1) is 9.63. The molecule has 0 fully saturated rings. The van der Waals surface area contributed by atoms with Gasteiger partial charge in [-0.3, -0.25) is 4.79 Å². The van der Waals surface area contributed by atoms with E-state index in [0.717, 1.165) is 11.8 Å². The van der Waals surface area contributed by atoms with E-state index in [0.29, 0.717) is 11.1 Å². The average molecular weight is 266 g/mol. The van der Waals surface area contributed by atoms with Gasteiger partial charge in [-0.05, 0) is 11.5 Å². The lowest BCUT2D eigenvalue weighted by molar-refractivity contribution is -0.109. The topological polar surface area (TPSA) is 34.1 Å². The van der Waals surface area contributed by atoms with Crippen LogP contribution in [-0.2, 0) is 4.79 Å².